The molecule has 1 atom stereocenters. The molecule has 0 radical (unpaired) electrons. The predicted molar refractivity (Wildman–Crippen MR) is 88.2 cm³/mol. The van der Waals surface area contributed by atoms with Crippen LogP contribution in [0.4, 0.5) is 0 Å². The fourth-order valence-electron chi connectivity index (χ4n) is 1.88. The van der Waals surface area contributed by atoms with Crippen molar-refractivity contribution in [2.75, 3.05) is 6.26 Å². The summed E-state index contributed by atoms with van der Waals surface area (Å²) >= 11 is 5.11. The molecule has 0 fully saturated rings. The van der Waals surface area contributed by atoms with Crippen LogP contribution in [0.15, 0.2) is 57.9 Å². The Morgan fingerprint density at radius 3 is 2.50 bits per heavy atom. The Balaban J connectivity index is 2.06. The minimum Gasteiger partial charge on any atom is -0.346 e. The smallest absolute Gasteiger partial charge is 0.251 e. The number of amides is 1. The molecule has 2 aromatic carbocycles. The van der Waals surface area contributed by atoms with Gasteiger partial charge in [-0.05, 0) is 55.1 Å². The van der Waals surface area contributed by atoms with Crippen LogP contribution in [0.3, 0.4) is 0 Å². The van der Waals surface area contributed by atoms with Gasteiger partial charge < -0.3 is 5.32 Å². The highest BCUT2D eigenvalue weighted by Crippen LogP contribution is 2.19. The lowest BCUT2D eigenvalue weighted by atomic mass is 10.1. The Hall–Kier alpha value is -1.26. The van der Waals surface area contributed by atoms with Gasteiger partial charge >= 0.3 is 0 Å². The van der Waals surface area contributed by atoms with E-state index in [1.54, 1.807) is 11.8 Å². The molecule has 0 heterocycles. The van der Waals surface area contributed by atoms with E-state index in [-0.39, 0.29) is 11.9 Å². The van der Waals surface area contributed by atoms with Crippen molar-refractivity contribution in [3.05, 3.63) is 64.1 Å². The van der Waals surface area contributed by atoms with Crippen molar-refractivity contribution in [2.45, 2.75) is 17.9 Å². The molecular formula is C16H16BrNOS. The van der Waals surface area contributed by atoms with E-state index < -0.39 is 0 Å². The molecule has 1 amide bonds. The Morgan fingerprint density at radius 2 is 1.90 bits per heavy atom. The number of hydrogen-bond acceptors (Lipinski definition) is 2. The molecule has 4 heteroatoms. The molecule has 2 rings (SSSR count). The maximum atomic E-state index is 12.2. The van der Waals surface area contributed by atoms with Crippen molar-refractivity contribution in [1.29, 1.82) is 0 Å². The third-order valence-corrected chi connectivity index (χ3v) is 4.29. The third kappa shape index (κ3) is 3.87. The van der Waals surface area contributed by atoms with Crippen LogP contribution in [0.2, 0.25) is 0 Å². The van der Waals surface area contributed by atoms with Crippen LogP contribution in [0.1, 0.15) is 28.9 Å². The van der Waals surface area contributed by atoms with Gasteiger partial charge in [-0.2, -0.15) is 0 Å². The van der Waals surface area contributed by atoms with Gasteiger partial charge in [0.15, 0.2) is 0 Å². The maximum absolute atomic E-state index is 12.2. The minimum atomic E-state index is -0.0508. The molecule has 20 heavy (non-hydrogen) atoms. The normalized spacial score (nSPS) is 11.9. The van der Waals surface area contributed by atoms with Crippen LogP contribution in [-0.4, -0.2) is 12.2 Å². The van der Waals surface area contributed by atoms with Gasteiger partial charge in [-0.25, -0.2) is 0 Å². The zero-order valence-corrected chi connectivity index (χ0v) is 13.8. The van der Waals surface area contributed by atoms with Gasteiger partial charge in [0.25, 0.3) is 5.91 Å². The van der Waals surface area contributed by atoms with Gasteiger partial charge in [0.2, 0.25) is 0 Å². The molecule has 0 aliphatic rings. The summed E-state index contributed by atoms with van der Waals surface area (Å²) in [5, 5.41) is 3.01. The summed E-state index contributed by atoms with van der Waals surface area (Å²) in [5.41, 5.74) is 1.76. The van der Waals surface area contributed by atoms with Crippen LogP contribution in [0, 0.1) is 0 Å². The third-order valence-electron chi connectivity index (χ3n) is 3.05. The first kappa shape index (κ1) is 15.1. The monoisotopic (exact) mass is 349 g/mol. The molecular weight excluding hydrogens is 334 g/mol. The number of benzene rings is 2. The average molecular weight is 350 g/mol. The molecule has 0 spiro atoms. The summed E-state index contributed by atoms with van der Waals surface area (Å²) in [5.74, 6) is -0.0508. The number of rotatable bonds is 4. The summed E-state index contributed by atoms with van der Waals surface area (Å²) in [6.07, 6.45) is 2.02. The first-order chi connectivity index (χ1) is 9.60. The summed E-state index contributed by atoms with van der Waals surface area (Å²) in [4.78, 5) is 13.3. The molecule has 1 N–H and O–H groups in total. The maximum Gasteiger partial charge on any atom is 0.251 e. The van der Waals surface area contributed by atoms with Gasteiger partial charge in [-0.3, -0.25) is 4.79 Å². The number of carbonyl (C=O) groups is 1. The van der Waals surface area contributed by atoms with Crippen molar-refractivity contribution in [2.24, 2.45) is 0 Å². The van der Waals surface area contributed by atoms with Crippen molar-refractivity contribution < 1.29 is 4.79 Å². The molecule has 2 nitrogen and oxygen atoms in total. The Kier molecular flexibility index (Phi) is 5.26. The van der Waals surface area contributed by atoms with E-state index in [1.807, 2.05) is 61.7 Å². The SMILES string of the molecule is CSc1ccc(C(=O)NC(C)c2cccc(Br)c2)cc1. The topological polar surface area (TPSA) is 29.1 Å². The standard InChI is InChI=1S/C16H16BrNOS/c1-11(13-4-3-5-14(17)10-13)18-16(19)12-6-8-15(20-2)9-7-12/h3-11H,1-2H3,(H,18,19). The molecule has 2 aromatic rings. The van der Waals surface area contributed by atoms with E-state index in [4.69, 9.17) is 0 Å². The largest absolute Gasteiger partial charge is 0.346 e. The van der Waals surface area contributed by atoms with Crippen LogP contribution in [-0.2, 0) is 0 Å². The second-order valence-corrected chi connectivity index (χ2v) is 6.27. The van der Waals surface area contributed by atoms with Crippen molar-refractivity contribution >= 4 is 33.6 Å². The van der Waals surface area contributed by atoms with Crippen LogP contribution in [0.5, 0.6) is 0 Å². The molecule has 0 aromatic heterocycles. The first-order valence-electron chi connectivity index (χ1n) is 6.30. The molecule has 104 valence electrons. The van der Waals surface area contributed by atoms with E-state index in [2.05, 4.69) is 21.2 Å². The van der Waals surface area contributed by atoms with Crippen LogP contribution >= 0.6 is 27.7 Å². The second kappa shape index (κ2) is 6.95. The first-order valence-corrected chi connectivity index (χ1v) is 8.32. The molecule has 0 aliphatic heterocycles. The van der Waals surface area contributed by atoms with E-state index in [0.29, 0.717) is 5.56 Å². The van der Waals surface area contributed by atoms with Gasteiger partial charge in [0.1, 0.15) is 0 Å². The predicted octanol–water partition coefficient (Wildman–Crippen LogP) is 4.66. The summed E-state index contributed by atoms with van der Waals surface area (Å²) in [6.45, 7) is 1.98. The molecule has 0 saturated carbocycles. The Bertz CT molecular complexity index is 598. The Morgan fingerprint density at radius 1 is 1.20 bits per heavy atom. The van der Waals surface area contributed by atoms with Gasteiger partial charge in [-0.1, -0.05) is 28.1 Å². The van der Waals surface area contributed by atoms with Crippen LogP contribution in [0.25, 0.3) is 0 Å². The number of carbonyl (C=O) groups excluding carboxylic acids is 1. The quantitative estimate of drug-likeness (QED) is 0.813. The second-order valence-electron chi connectivity index (χ2n) is 4.48. The number of hydrogen-bond donors (Lipinski definition) is 1. The highest BCUT2D eigenvalue weighted by molar-refractivity contribution is 9.10. The van der Waals surface area contributed by atoms with Gasteiger partial charge in [-0.15, -0.1) is 11.8 Å². The number of nitrogens with one attached hydrogen (secondary N) is 1. The summed E-state index contributed by atoms with van der Waals surface area (Å²) < 4.78 is 1.01. The zero-order valence-electron chi connectivity index (χ0n) is 11.4. The molecule has 0 saturated heterocycles. The minimum absolute atomic E-state index is 0.0276. The van der Waals surface area contributed by atoms with Crippen molar-refractivity contribution in [3.8, 4) is 0 Å². The fourth-order valence-corrected chi connectivity index (χ4v) is 2.71. The molecule has 0 aliphatic carbocycles. The number of thioether (sulfide) groups is 1. The van der Waals surface area contributed by atoms with E-state index in [9.17, 15) is 4.79 Å². The van der Waals surface area contributed by atoms with E-state index in [1.165, 1.54) is 0 Å². The highest BCUT2D eigenvalue weighted by Gasteiger charge is 2.11. The zero-order chi connectivity index (χ0) is 14.5. The lowest BCUT2D eigenvalue weighted by Crippen LogP contribution is -2.26. The lowest BCUT2D eigenvalue weighted by Gasteiger charge is -2.14. The lowest BCUT2D eigenvalue weighted by molar-refractivity contribution is 0.0940. The Labute approximate surface area is 132 Å². The van der Waals surface area contributed by atoms with Gasteiger partial charge in [0, 0.05) is 14.9 Å². The van der Waals surface area contributed by atoms with Gasteiger partial charge in [0.05, 0.1) is 6.04 Å². The number of halogens is 1. The van der Waals surface area contributed by atoms with E-state index >= 15 is 0 Å². The molecule has 1 unspecified atom stereocenters. The van der Waals surface area contributed by atoms with Crippen molar-refractivity contribution in [1.82, 2.24) is 5.32 Å². The summed E-state index contributed by atoms with van der Waals surface area (Å²) in [7, 11) is 0. The van der Waals surface area contributed by atoms with Crippen molar-refractivity contribution in [3.63, 3.8) is 0 Å². The summed E-state index contributed by atoms with van der Waals surface area (Å²) in [6, 6.07) is 15.6. The highest BCUT2D eigenvalue weighted by atomic mass is 79.9. The van der Waals surface area contributed by atoms with E-state index in [0.717, 1.165) is 14.9 Å². The molecule has 0 bridgehead atoms. The van der Waals surface area contributed by atoms with Crippen LogP contribution < -0.4 is 5.32 Å². The average Bonchev–Trinajstić information content (AvgIpc) is 2.47. The fraction of sp³-hybridized carbons (Fsp3) is 0.188.